The summed E-state index contributed by atoms with van der Waals surface area (Å²) in [5, 5.41) is 8.99. The molecule has 0 radical (unpaired) electrons. The lowest BCUT2D eigenvalue weighted by Crippen LogP contribution is -2.49. The molecule has 0 spiro atoms. The molecule has 6 nitrogen and oxygen atoms in total. The molecule has 2 heterocycles. The zero-order chi connectivity index (χ0) is 10.8. The fourth-order valence-corrected chi connectivity index (χ4v) is 1.55. The quantitative estimate of drug-likeness (QED) is 0.786. The third kappa shape index (κ3) is 2.10. The summed E-state index contributed by atoms with van der Waals surface area (Å²) in [6.45, 7) is 1.66. The standard InChI is InChI=1S/C8H11ClN4O2/c1-15-8-11-6(9)10-7(12-8)13-2-5(3-13)4-14/h5,14H,2-4H2,1H3. The van der Waals surface area contributed by atoms with Gasteiger partial charge < -0.3 is 14.7 Å². The van der Waals surface area contributed by atoms with Gasteiger partial charge in [0.2, 0.25) is 11.2 Å². The van der Waals surface area contributed by atoms with Gasteiger partial charge in [0, 0.05) is 25.6 Å². The highest BCUT2D eigenvalue weighted by Crippen LogP contribution is 2.22. The Labute approximate surface area is 91.9 Å². The Hall–Kier alpha value is -1.14. The van der Waals surface area contributed by atoms with Gasteiger partial charge in [-0.25, -0.2) is 0 Å². The van der Waals surface area contributed by atoms with Gasteiger partial charge in [-0.1, -0.05) is 0 Å². The van der Waals surface area contributed by atoms with Crippen molar-refractivity contribution in [2.75, 3.05) is 31.7 Å². The Morgan fingerprint density at radius 3 is 2.80 bits per heavy atom. The predicted molar refractivity (Wildman–Crippen MR) is 54.2 cm³/mol. The molecule has 1 aromatic heterocycles. The van der Waals surface area contributed by atoms with E-state index in [2.05, 4.69) is 15.0 Å². The molecular formula is C8H11ClN4O2. The van der Waals surface area contributed by atoms with Crippen molar-refractivity contribution in [2.24, 2.45) is 5.92 Å². The Morgan fingerprint density at radius 1 is 1.47 bits per heavy atom. The number of aliphatic hydroxyl groups excluding tert-OH is 1. The zero-order valence-electron chi connectivity index (χ0n) is 8.22. The summed E-state index contributed by atoms with van der Waals surface area (Å²) in [7, 11) is 1.47. The first-order chi connectivity index (χ1) is 7.22. The molecule has 1 fully saturated rings. The van der Waals surface area contributed by atoms with Crippen LogP contribution in [-0.2, 0) is 0 Å². The normalized spacial score (nSPS) is 16.3. The van der Waals surface area contributed by atoms with E-state index in [-0.39, 0.29) is 17.9 Å². The van der Waals surface area contributed by atoms with E-state index in [0.29, 0.717) is 11.9 Å². The number of halogens is 1. The topological polar surface area (TPSA) is 71.4 Å². The molecule has 0 unspecified atom stereocenters. The molecule has 2 rings (SSSR count). The molecule has 0 aliphatic carbocycles. The lowest BCUT2D eigenvalue weighted by Gasteiger charge is -2.38. The van der Waals surface area contributed by atoms with E-state index in [4.69, 9.17) is 21.4 Å². The van der Waals surface area contributed by atoms with Crippen LogP contribution < -0.4 is 9.64 Å². The van der Waals surface area contributed by atoms with Crippen LogP contribution in [0.1, 0.15) is 0 Å². The molecule has 1 saturated heterocycles. The maximum absolute atomic E-state index is 8.88. The van der Waals surface area contributed by atoms with Gasteiger partial charge in [0.1, 0.15) is 0 Å². The van der Waals surface area contributed by atoms with Gasteiger partial charge in [-0.3, -0.25) is 0 Å². The van der Waals surface area contributed by atoms with Gasteiger partial charge in [0.25, 0.3) is 0 Å². The molecular weight excluding hydrogens is 220 g/mol. The van der Waals surface area contributed by atoms with Gasteiger partial charge in [0.15, 0.2) is 0 Å². The maximum atomic E-state index is 8.88. The van der Waals surface area contributed by atoms with Crippen molar-refractivity contribution >= 4 is 17.5 Å². The van der Waals surface area contributed by atoms with E-state index in [1.807, 2.05) is 4.90 Å². The first kappa shape index (κ1) is 10.4. The Bertz CT molecular complexity index is 356. The number of hydrogen-bond acceptors (Lipinski definition) is 6. The summed E-state index contributed by atoms with van der Waals surface area (Å²) < 4.78 is 4.88. The van der Waals surface area contributed by atoms with Crippen LogP contribution in [0.15, 0.2) is 0 Å². The smallest absolute Gasteiger partial charge is 0.322 e. The second kappa shape index (κ2) is 4.16. The number of methoxy groups -OCH3 is 1. The fraction of sp³-hybridized carbons (Fsp3) is 0.625. The summed E-state index contributed by atoms with van der Waals surface area (Å²) in [4.78, 5) is 13.7. The lowest BCUT2D eigenvalue weighted by molar-refractivity contribution is 0.199. The molecule has 0 bridgehead atoms. The van der Waals surface area contributed by atoms with E-state index in [1.54, 1.807) is 0 Å². The van der Waals surface area contributed by atoms with Crippen molar-refractivity contribution in [3.8, 4) is 6.01 Å². The number of nitrogens with zero attached hydrogens (tertiary/aromatic N) is 4. The van der Waals surface area contributed by atoms with Crippen LogP contribution in [0.5, 0.6) is 6.01 Å². The molecule has 82 valence electrons. The minimum atomic E-state index is 0.115. The molecule has 7 heteroatoms. The Morgan fingerprint density at radius 2 is 2.20 bits per heavy atom. The molecule has 0 atom stereocenters. The van der Waals surface area contributed by atoms with Gasteiger partial charge in [0.05, 0.1) is 7.11 Å². The predicted octanol–water partition coefficient (Wildman–Crippen LogP) is -0.0379. The number of hydrogen-bond donors (Lipinski definition) is 1. The van der Waals surface area contributed by atoms with Gasteiger partial charge in [-0.15, -0.1) is 0 Å². The largest absolute Gasteiger partial charge is 0.467 e. The highest BCUT2D eigenvalue weighted by atomic mass is 35.5. The van der Waals surface area contributed by atoms with Crippen LogP contribution in [0.4, 0.5) is 5.95 Å². The summed E-state index contributed by atoms with van der Waals surface area (Å²) in [6, 6.07) is 0.206. The number of aromatic nitrogens is 3. The van der Waals surface area contributed by atoms with Crippen molar-refractivity contribution in [1.29, 1.82) is 0 Å². The summed E-state index contributed by atoms with van der Waals surface area (Å²) in [5.41, 5.74) is 0. The van der Waals surface area contributed by atoms with Crippen LogP contribution in [0.3, 0.4) is 0 Å². The average Bonchev–Trinajstić information content (AvgIpc) is 2.15. The molecule has 0 aromatic carbocycles. The van der Waals surface area contributed by atoms with E-state index in [0.717, 1.165) is 13.1 Å². The monoisotopic (exact) mass is 230 g/mol. The summed E-state index contributed by atoms with van der Waals surface area (Å²) in [6.07, 6.45) is 0. The Kier molecular flexibility index (Phi) is 2.88. The first-order valence-corrected chi connectivity index (χ1v) is 4.92. The van der Waals surface area contributed by atoms with Crippen LogP contribution in [-0.4, -0.2) is 46.9 Å². The lowest BCUT2D eigenvalue weighted by atomic mass is 10.0. The van der Waals surface area contributed by atoms with E-state index >= 15 is 0 Å². The SMILES string of the molecule is COc1nc(Cl)nc(N2CC(CO)C2)n1. The van der Waals surface area contributed by atoms with E-state index in [1.165, 1.54) is 7.11 Å². The second-order valence-corrected chi connectivity index (χ2v) is 3.68. The van der Waals surface area contributed by atoms with Gasteiger partial charge >= 0.3 is 6.01 Å². The molecule has 15 heavy (non-hydrogen) atoms. The zero-order valence-corrected chi connectivity index (χ0v) is 8.98. The third-order valence-corrected chi connectivity index (χ3v) is 2.43. The molecule has 1 N–H and O–H groups in total. The third-order valence-electron chi connectivity index (χ3n) is 2.26. The van der Waals surface area contributed by atoms with Gasteiger partial charge in [-0.2, -0.15) is 15.0 Å². The van der Waals surface area contributed by atoms with Crippen LogP contribution in [0.2, 0.25) is 5.28 Å². The number of rotatable bonds is 3. The molecule has 0 amide bonds. The summed E-state index contributed by atoms with van der Waals surface area (Å²) >= 11 is 5.71. The average molecular weight is 231 g/mol. The number of aliphatic hydroxyl groups is 1. The number of ether oxygens (including phenoxy) is 1. The van der Waals surface area contributed by atoms with Crippen molar-refractivity contribution in [1.82, 2.24) is 15.0 Å². The number of anilines is 1. The maximum Gasteiger partial charge on any atom is 0.322 e. The molecule has 1 aliphatic heterocycles. The van der Waals surface area contributed by atoms with E-state index < -0.39 is 0 Å². The highest BCUT2D eigenvalue weighted by Gasteiger charge is 2.28. The van der Waals surface area contributed by atoms with Crippen LogP contribution in [0, 0.1) is 5.92 Å². The molecule has 1 aromatic rings. The van der Waals surface area contributed by atoms with Crippen molar-refractivity contribution in [3.63, 3.8) is 0 Å². The van der Waals surface area contributed by atoms with E-state index in [9.17, 15) is 0 Å². The fourth-order valence-electron chi connectivity index (χ4n) is 1.40. The molecule has 1 aliphatic rings. The van der Waals surface area contributed by atoms with Crippen LogP contribution >= 0.6 is 11.6 Å². The van der Waals surface area contributed by atoms with Crippen molar-refractivity contribution < 1.29 is 9.84 Å². The second-order valence-electron chi connectivity index (χ2n) is 3.34. The van der Waals surface area contributed by atoms with Crippen molar-refractivity contribution in [3.05, 3.63) is 5.28 Å². The highest BCUT2D eigenvalue weighted by molar-refractivity contribution is 6.28. The van der Waals surface area contributed by atoms with Crippen molar-refractivity contribution in [2.45, 2.75) is 0 Å². The molecule has 0 saturated carbocycles. The first-order valence-electron chi connectivity index (χ1n) is 4.54. The minimum absolute atomic E-state index is 0.115. The van der Waals surface area contributed by atoms with Crippen LogP contribution in [0.25, 0.3) is 0 Å². The summed E-state index contributed by atoms with van der Waals surface area (Å²) in [5.74, 6) is 0.795. The van der Waals surface area contributed by atoms with Gasteiger partial charge in [-0.05, 0) is 11.6 Å². The Balaban J connectivity index is 2.12. The minimum Gasteiger partial charge on any atom is -0.467 e.